The molecule has 0 aliphatic heterocycles. The molecule has 0 unspecified atom stereocenters. The van der Waals surface area contributed by atoms with Gasteiger partial charge in [0.05, 0.1) is 6.61 Å². The van der Waals surface area contributed by atoms with E-state index in [9.17, 15) is 9.59 Å². The Morgan fingerprint density at radius 1 is 1.10 bits per heavy atom. The normalized spacial score (nSPS) is 9.65. The highest BCUT2D eigenvalue weighted by molar-refractivity contribution is 5.97. The number of ether oxygens (including phenoxy) is 1. The Hall–Kier alpha value is -1.63. The summed E-state index contributed by atoms with van der Waals surface area (Å²) in [4.78, 5) is 22.6. The molecule has 0 aliphatic rings. The summed E-state index contributed by atoms with van der Waals surface area (Å²) in [5.74, 6) is -0.682. The average Bonchev–Trinajstić information content (AvgIpc) is 2.42. The molecule has 0 aliphatic carbocycles. The van der Waals surface area contributed by atoms with E-state index in [1.54, 1.807) is 19.2 Å². The van der Waals surface area contributed by atoms with E-state index in [1.807, 2.05) is 0 Å². The Balaban J connectivity index is 0.00000361. The lowest BCUT2D eigenvalue weighted by molar-refractivity contribution is 0.0951. The molecule has 20 heavy (non-hydrogen) atoms. The maximum Gasteiger partial charge on any atom is 0.251 e. The molecule has 1 aromatic rings. The van der Waals surface area contributed by atoms with E-state index in [-0.39, 0.29) is 18.3 Å². The van der Waals surface area contributed by atoms with E-state index >= 15 is 0 Å². The van der Waals surface area contributed by atoms with Crippen molar-refractivity contribution in [3.63, 3.8) is 0 Å². The highest BCUT2D eigenvalue weighted by atomic mass is 35.5. The molecular weight excluding hydrogens is 282 g/mol. The summed E-state index contributed by atoms with van der Waals surface area (Å²) in [6.07, 6.45) is 0. The molecule has 0 fully saturated rings. The van der Waals surface area contributed by atoms with Crippen LogP contribution in [0.3, 0.4) is 0 Å². The summed E-state index contributed by atoms with van der Waals surface area (Å²) in [7, 11) is 1.64. The predicted octanol–water partition coefficient (Wildman–Crippen LogP) is 0.173. The number of amides is 2. The van der Waals surface area contributed by atoms with Gasteiger partial charge in [-0.15, -0.1) is 12.4 Å². The fourth-order valence-electron chi connectivity index (χ4n) is 1.45. The summed E-state index contributed by atoms with van der Waals surface area (Å²) in [6.45, 7) is 2.59. The van der Waals surface area contributed by atoms with Crippen molar-refractivity contribution in [1.82, 2.24) is 10.6 Å². The third-order valence-electron chi connectivity index (χ3n) is 2.50. The largest absolute Gasteiger partial charge is 0.383 e. The van der Waals surface area contributed by atoms with Crippen molar-refractivity contribution in [2.45, 2.75) is 0 Å². The first-order valence-corrected chi connectivity index (χ1v) is 6.03. The number of nitrogens with one attached hydrogen (secondary N) is 2. The van der Waals surface area contributed by atoms with Gasteiger partial charge in [-0.25, -0.2) is 0 Å². The molecule has 0 radical (unpaired) electrons. The van der Waals surface area contributed by atoms with Gasteiger partial charge >= 0.3 is 0 Å². The van der Waals surface area contributed by atoms with Crippen LogP contribution in [-0.2, 0) is 4.74 Å². The third kappa shape index (κ3) is 6.51. The van der Waals surface area contributed by atoms with Gasteiger partial charge in [0.25, 0.3) is 5.91 Å². The number of primary amides is 1. The molecule has 2 amide bonds. The zero-order chi connectivity index (χ0) is 14.1. The van der Waals surface area contributed by atoms with Crippen LogP contribution in [0.25, 0.3) is 0 Å². The number of hydrogen-bond donors (Lipinski definition) is 3. The van der Waals surface area contributed by atoms with Crippen LogP contribution in [-0.4, -0.2) is 45.2 Å². The minimum atomic E-state index is -0.505. The Labute approximate surface area is 124 Å². The molecule has 0 spiro atoms. The average molecular weight is 302 g/mol. The van der Waals surface area contributed by atoms with Gasteiger partial charge in [0.15, 0.2) is 0 Å². The minimum Gasteiger partial charge on any atom is -0.383 e. The molecule has 4 N–H and O–H groups in total. The number of methoxy groups -OCH3 is 1. The van der Waals surface area contributed by atoms with Crippen LogP contribution in [0.2, 0.25) is 0 Å². The lowest BCUT2D eigenvalue weighted by atomic mass is 10.1. The monoisotopic (exact) mass is 301 g/mol. The zero-order valence-corrected chi connectivity index (χ0v) is 12.2. The Morgan fingerprint density at radius 2 is 1.70 bits per heavy atom. The molecule has 0 aromatic heterocycles. The number of halogens is 1. The molecule has 6 nitrogen and oxygen atoms in total. The summed E-state index contributed by atoms with van der Waals surface area (Å²) in [5, 5.41) is 5.88. The van der Waals surface area contributed by atoms with Gasteiger partial charge in [0.1, 0.15) is 0 Å². The first-order valence-electron chi connectivity index (χ1n) is 6.03. The summed E-state index contributed by atoms with van der Waals surface area (Å²) < 4.78 is 4.88. The minimum absolute atomic E-state index is 0. The van der Waals surface area contributed by atoms with Gasteiger partial charge < -0.3 is 21.1 Å². The molecular formula is C13H20ClN3O3. The lowest BCUT2D eigenvalue weighted by Gasteiger charge is -2.06. The molecule has 0 heterocycles. The quantitative estimate of drug-likeness (QED) is 0.597. The van der Waals surface area contributed by atoms with E-state index in [1.165, 1.54) is 12.1 Å². The van der Waals surface area contributed by atoms with Gasteiger partial charge in [-0.2, -0.15) is 0 Å². The zero-order valence-electron chi connectivity index (χ0n) is 11.3. The van der Waals surface area contributed by atoms with Crippen molar-refractivity contribution >= 4 is 24.2 Å². The Kier molecular flexibility index (Phi) is 9.36. The first kappa shape index (κ1) is 18.4. The lowest BCUT2D eigenvalue weighted by Crippen LogP contribution is -2.33. The fraction of sp³-hybridized carbons (Fsp3) is 0.385. The molecule has 1 rings (SSSR count). The topological polar surface area (TPSA) is 93.4 Å². The third-order valence-corrected chi connectivity index (χ3v) is 2.50. The Morgan fingerprint density at radius 3 is 2.25 bits per heavy atom. The van der Waals surface area contributed by atoms with Gasteiger partial charge in [-0.05, 0) is 24.3 Å². The van der Waals surface area contributed by atoms with Crippen molar-refractivity contribution in [2.75, 3.05) is 33.4 Å². The second kappa shape index (κ2) is 10.2. The second-order valence-corrected chi connectivity index (χ2v) is 3.94. The van der Waals surface area contributed by atoms with Crippen molar-refractivity contribution in [1.29, 1.82) is 0 Å². The number of nitrogens with two attached hydrogens (primary N) is 1. The number of rotatable bonds is 8. The van der Waals surface area contributed by atoms with Gasteiger partial charge in [-0.1, -0.05) is 0 Å². The SMILES string of the molecule is COCCNCCNC(=O)c1ccc(C(N)=O)cc1.Cl. The fourth-order valence-corrected chi connectivity index (χ4v) is 1.45. The molecule has 1 aromatic carbocycles. The van der Waals surface area contributed by atoms with E-state index < -0.39 is 5.91 Å². The van der Waals surface area contributed by atoms with Crippen LogP contribution in [0.15, 0.2) is 24.3 Å². The van der Waals surface area contributed by atoms with E-state index in [4.69, 9.17) is 10.5 Å². The molecule has 0 bridgehead atoms. The van der Waals surface area contributed by atoms with Crippen molar-refractivity contribution in [2.24, 2.45) is 5.73 Å². The maximum absolute atomic E-state index is 11.7. The van der Waals surface area contributed by atoms with Crippen LogP contribution in [0.4, 0.5) is 0 Å². The van der Waals surface area contributed by atoms with E-state index in [0.717, 1.165) is 6.54 Å². The number of carbonyl (C=O) groups excluding carboxylic acids is 2. The predicted molar refractivity (Wildman–Crippen MR) is 79.3 cm³/mol. The molecule has 7 heteroatoms. The van der Waals surface area contributed by atoms with Crippen molar-refractivity contribution in [3.8, 4) is 0 Å². The highest BCUT2D eigenvalue weighted by Gasteiger charge is 2.05. The number of hydrogen-bond acceptors (Lipinski definition) is 4. The van der Waals surface area contributed by atoms with E-state index in [2.05, 4.69) is 10.6 Å². The number of benzene rings is 1. The summed E-state index contributed by atoms with van der Waals surface area (Å²) in [6, 6.07) is 6.23. The van der Waals surface area contributed by atoms with Crippen molar-refractivity contribution < 1.29 is 14.3 Å². The highest BCUT2D eigenvalue weighted by Crippen LogP contribution is 2.03. The van der Waals surface area contributed by atoms with Crippen LogP contribution < -0.4 is 16.4 Å². The van der Waals surface area contributed by atoms with Crippen LogP contribution >= 0.6 is 12.4 Å². The number of carbonyl (C=O) groups is 2. The summed E-state index contributed by atoms with van der Waals surface area (Å²) >= 11 is 0. The van der Waals surface area contributed by atoms with Gasteiger partial charge in [0.2, 0.25) is 5.91 Å². The van der Waals surface area contributed by atoms with Gasteiger partial charge in [0, 0.05) is 37.9 Å². The van der Waals surface area contributed by atoms with Gasteiger partial charge in [-0.3, -0.25) is 9.59 Å². The second-order valence-electron chi connectivity index (χ2n) is 3.94. The smallest absolute Gasteiger partial charge is 0.251 e. The van der Waals surface area contributed by atoms with E-state index in [0.29, 0.717) is 30.8 Å². The summed E-state index contributed by atoms with van der Waals surface area (Å²) in [5.41, 5.74) is 6.01. The van der Waals surface area contributed by atoms with Crippen LogP contribution in [0.5, 0.6) is 0 Å². The molecule has 0 atom stereocenters. The van der Waals surface area contributed by atoms with Crippen molar-refractivity contribution in [3.05, 3.63) is 35.4 Å². The molecule has 0 saturated carbocycles. The first-order chi connectivity index (χ1) is 9.15. The van der Waals surface area contributed by atoms with Crippen LogP contribution in [0.1, 0.15) is 20.7 Å². The molecule has 112 valence electrons. The molecule has 0 saturated heterocycles. The van der Waals surface area contributed by atoms with Crippen LogP contribution in [0, 0.1) is 0 Å². The maximum atomic E-state index is 11.7. The Bertz CT molecular complexity index is 423. The standard InChI is InChI=1S/C13H19N3O3.ClH/c1-19-9-8-15-6-7-16-13(18)11-4-2-10(3-5-11)12(14)17;/h2-5,15H,6-9H2,1H3,(H2,14,17)(H,16,18);1H.